The number of halogens is 1. The Labute approximate surface area is 129 Å². The highest BCUT2D eigenvalue weighted by Gasteiger charge is 2.22. The second-order valence-electron chi connectivity index (χ2n) is 5.57. The van der Waals surface area contributed by atoms with Gasteiger partial charge in [0.2, 0.25) is 0 Å². The van der Waals surface area contributed by atoms with E-state index in [1.165, 1.54) is 0 Å². The second kappa shape index (κ2) is 6.70. The molecule has 1 amide bonds. The Morgan fingerprint density at radius 1 is 1.40 bits per heavy atom. The zero-order valence-corrected chi connectivity index (χ0v) is 13.9. The van der Waals surface area contributed by atoms with Crippen molar-refractivity contribution in [2.45, 2.75) is 13.0 Å². The molecule has 1 aliphatic rings. The molecule has 1 aromatic rings. The molecule has 0 aromatic heterocycles. The predicted molar refractivity (Wildman–Crippen MR) is 85.1 cm³/mol. The predicted octanol–water partition coefficient (Wildman–Crippen LogP) is 1.73. The van der Waals surface area contributed by atoms with Crippen molar-refractivity contribution in [1.82, 2.24) is 15.1 Å². The number of carbonyl (C=O) groups is 1. The molecule has 1 N–H and O–H groups in total. The maximum absolute atomic E-state index is 12.3. The molecule has 1 unspecified atom stereocenters. The molecule has 1 atom stereocenters. The topological polar surface area (TPSA) is 35.6 Å². The Morgan fingerprint density at radius 2 is 2.15 bits per heavy atom. The van der Waals surface area contributed by atoms with Crippen LogP contribution in [0.1, 0.15) is 15.9 Å². The summed E-state index contributed by atoms with van der Waals surface area (Å²) in [6.07, 6.45) is 0. The van der Waals surface area contributed by atoms with Gasteiger partial charge in [-0.2, -0.15) is 0 Å². The van der Waals surface area contributed by atoms with Gasteiger partial charge in [0.05, 0.1) is 0 Å². The van der Waals surface area contributed by atoms with Crippen LogP contribution in [-0.4, -0.2) is 62.0 Å². The zero-order valence-electron chi connectivity index (χ0n) is 12.3. The van der Waals surface area contributed by atoms with Crippen molar-refractivity contribution in [1.29, 1.82) is 0 Å². The summed E-state index contributed by atoms with van der Waals surface area (Å²) in [6.45, 7) is 5.78. The number of carbonyl (C=O) groups excluding carboxylic acids is 1. The van der Waals surface area contributed by atoms with Gasteiger partial charge in [-0.1, -0.05) is 22.0 Å². The number of amides is 1. The largest absolute Gasteiger partial charge is 0.350 e. The Kier molecular flexibility index (Phi) is 5.18. The van der Waals surface area contributed by atoms with Gasteiger partial charge < -0.3 is 10.2 Å². The van der Waals surface area contributed by atoms with E-state index in [-0.39, 0.29) is 5.91 Å². The Hall–Kier alpha value is -0.910. The molecule has 1 heterocycles. The van der Waals surface area contributed by atoms with Gasteiger partial charge in [0.1, 0.15) is 0 Å². The third-order valence-corrected chi connectivity index (χ3v) is 4.42. The van der Waals surface area contributed by atoms with Crippen LogP contribution >= 0.6 is 15.9 Å². The highest BCUT2D eigenvalue weighted by Crippen LogP contribution is 2.16. The van der Waals surface area contributed by atoms with Crippen LogP contribution in [0.3, 0.4) is 0 Å². The van der Waals surface area contributed by atoms with Crippen molar-refractivity contribution < 1.29 is 4.79 Å². The number of piperazine rings is 1. The number of benzene rings is 1. The molecule has 1 aromatic carbocycles. The molecule has 110 valence electrons. The molecule has 2 rings (SSSR count). The smallest absolute Gasteiger partial charge is 0.251 e. The highest BCUT2D eigenvalue weighted by molar-refractivity contribution is 9.10. The first-order valence-electron chi connectivity index (χ1n) is 6.90. The van der Waals surface area contributed by atoms with Crippen LogP contribution in [-0.2, 0) is 0 Å². The van der Waals surface area contributed by atoms with Crippen LogP contribution in [0.4, 0.5) is 0 Å². The molecule has 0 spiro atoms. The average Bonchev–Trinajstić information content (AvgIpc) is 2.42. The third kappa shape index (κ3) is 3.81. The van der Waals surface area contributed by atoms with Crippen LogP contribution in [0, 0.1) is 6.92 Å². The van der Waals surface area contributed by atoms with E-state index in [4.69, 9.17) is 0 Å². The Morgan fingerprint density at radius 3 is 2.90 bits per heavy atom. The van der Waals surface area contributed by atoms with Crippen molar-refractivity contribution in [2.24, 2.45) is 0 Å². The van der Waals surface area contributed by atoms with Crippen molar-refractivity contribution in [2.75, 3.05) is 40.3 Å². The summed E-state index contributed by atoms with van der Waals surface area (Å²) in [5, 5.41) is 3.06. The van der Waals surface area contributed by atoms with E-state index in [1.54, 1.807) is 0 Å². The van der Waals surface area contributed by atoms with Crippen LogP contribution in [0.25, 0.3) is 0 Å². The van der Waals surface area contributed by atoms with Gasteiger partial charge in [0.25, 0.3) is 5.91 Å². The van der Waals surface area contributed by atoms with Crippen LogP contribution in [0.15, 0.2) is 22.7 Å². The normalized spacial score (nSPS) is 20.9. The quantitative estimate of drug-likeness (QED) is 0.910. The molecule has 0 bridgehead atoms. The molecule has 0 saturated carbocycles. The molecular formula is C15H22BrN3O. The third-order valence-electron chi connectivity index (χ3n) is 3.92. The number of aryl methyl sites for hydroxylation is 1. The second-order valence-corrected chi connectivity index (χ2v) is 6.48. The SMILES string of the molecule is Cc1ccc(Br)cc1C(=O)NCC1CN(C)CCN1C. The lowest BCUT2D eigenvalue weighted by Crippen LogP contribution is -2.54. The van der Waals surface area contributed by atoms with Gasteiger partial charge in [-0.3, -0.25) is 9.69 Å². The molecule has 1 fully saturated rings. The minimum absolute atomic E-state index is 0.00502. The minimum Gasteiger partial charge on any atom is -0.350 e. The van der Waals surface area contributed by atoms with Crippen molar-refractivity contribution in [3.8, 4) is 0 Å². The highest BCUT2D eigenvalue weighted by atomic mass is 79.9. The fourth-order valence-electron chi connectivity index (χ4n) is 2.47. The minimum atomic E-state index is 0.00502. The van der Waals surface area contributed by atoms with E-state index in [0.717, 1.165) is 35.2 Å². The van der Waals surface area contributed by atoms with Gasteiger partial charge >= 0.3 is 0 Å². The van der Waals surface area contributed by atoms with E-state index in [2.05, 4.69) is 45.1 Å². The summed E-state index contributed by atoms with van der Waals surface area (Å²) >= 11 is 3.41. The van der Waals surface area contributed by atoms with Gasteiger partial charge in [-0.15, -0.1) is 0 Å². The van der Waals surface area contributed by atoms with Gasteiger partial charge in [0.15, 0.2) is 0 Å². The Bertz CT molecular complexity index is 492. The number of hydrogen-bond acceptors (Lipinski definition) is 3. The first-order valence-corrected chi connectivity index (χ1v) is 7.70. The summed E-state index contributed by atoms with van der Waals surface area (Å²) in [5.74, 6) is 0.00502. The monoisotopic (exact) mass is 339 g/mol. The molecule has 4 nitrogen and oxygen atoms in total. The fourth-order valence-corrected chi connectivity index (χ4v) is 2.83. The number of hydrogen-bond donors (Lipinski definition) is 1. The lowest BCUT2D eigenvalue weighted by molar-refractivity contribution is 0.0880. The lowest BCUT2D eigenvalue weighted by Gasteiger charge is -2.37. The van der Waals surface area contributed by atoms with Crippen molar-refractivity contribution in [3.63, 3.8) is 0 Å². The Balaban J connectivity index is 1.96. The van der Waals surface area contributed by atoms with E-state index < -0.39 is 0 Å². The lowest BCUT2D eigenvalue weighted by atomic mass is 10.1. The summed E-state index contributed by atoms with van der Waals surface area (Å²) in [6, 6.07) is 6.17. The van der Waals surface area contributed by atoms with Gasteiger partial charge in [-0.25, -0.2) is 0 Å². The maximum atomic E-state index is 12.3. The molecule has 0 aliphatic carbocycles. The van der Waals surface area contributed by atoms with Gasteiger partial charge in [0, 0.05) is 42.3 Å². The number of rotatable bonds is 3. The number of nitrogens with one attached hydrogen (secondary N) is 1. The number of likely N-dealkylation sites (N-methyl/N-ethyl adjacent to an activating group) is 2. The molecule has 5 heteroatoms. The summed E-state index contributed by atoms with van der Waals surface area (Å²) < 4.78 is 0.933. The maximum Gasteiger partial charge on any atom is 0.251 e. The molecule has 1 saturated heterocycles. The van der Waals surface area contributed by atoms with E-state index in [9.17, 15) is 4.79 Å². The first kappa shape index (κ1) is 15.5. The number of nitrogens with zero attached hydrogens (tertiary/aromatic N) is 2. The van der Waals surface area contributed by atoms with Crippen LogP contribution in [0.2, 0.25) is 0 Å². The van der Waals surface area contributed by atoms with E-state index >= 15 is 0 Å². The fraction of sp³-hybridized carbons (Fsp3) is 0.533. The van der Waals surface area contributed by atoms with Gasteiger partial charge in [-0.05, 0) is 38.7 Å². The van der Waals surface area contributed by atoms with Crippen molar-refractivity contribution >= 4 is 21.8 Å². The summed E-state index contributed by atoms with van der Waals surface area (Å²) in [5.41, 5.74) is 1.74. The zero-order chi connectivity index (χ0) is 14.7. The van der Waals surface area contributed by atoms with E-state index in [0.29, 0.717) is 12.6 Å². The first-order chi connectivity index (χ1) is 9.47. The summed E-state index contributed by atoms with van der Waals surface area (Å²) in [7, 11) is 4.24. The molecule has 1 aliphatic heterocycles. The van der Waals surface area contributed by atoms with Crippen LogP contribution in [0.5, 0.6) is 0 Å². The van der Waals surface area contributed by atoms with E-state index in [1.807, 2.05) is 25.1 Å². The molecule has 0 radical (unpaired) electrons. The average molecular weight is 340 g/mol. The molecular weight excluding hydrogens is 318 g/mol. The summed E-state index contributed by atoms with van der Waals surface area (Å²) in [4.78, 5) is 16.9. The molecule has 20 heavy (non-hydrogen) atoms. The van der Waals surface area contributed by atoms with Crippen molar-refractivity contribution in [3.05, 3.63) is 33.8 Å². The van der Waals surface area contributed by atoms with Crippen LogP contribution < -0.4 is 5.32 Å². The standard InChI is InChI=1S/C15H22BrN3O/c1-11-4-5-12(16)8-14(11)15(20)17-9-13-10-18(2)6-7-19(13)3/h4-5,8,13H,6-7,9-10H2,1-3H3,(H,17,20).